The van der Waals surface area contributed by atoms with Gasteiger partial charge in [0.05, 0.1) is 6.61 Å². The molecule has 34 heavy (non-hydrogen) atoms. The number of amides is 1. The SMILES string of the molecule is O=C(c1ccc(-c2cnc(NCc3cccc4c3CCO4)n3cnnc23)cc1)N1CCNCC1. The molecule has 0 atom stereocenters. The molecule has 2 aromatic carbocycles. The lowest BCUT2D eigenvalue weighted by Crippen LogP contribution is -2.46. The molecular formula is C25H25N7O2. The lowest BCUT2D eigenvalue weighted by molar-refractivity contribution is 0.0736. The van der Waals surface area contributed by atoms with E-state index < -0.39 is 0 Å². The van der Waals surface area contributed by atoms with Crippen molar-refractivity contribution in [1.29, 1.82) is 0 Å². The third kappa shape index (κ3) is 3.73. The van der Waals surface area contributed by atoms with E-state index in [0.29, 0.717) is 23.7 Å². The van der Waals surface area contributed by atoms with E-state index in [0.717, 1.165) is 56.1 Å². The smallest absolute Gasteiger partial charge is 0.253 e. The van der Waals surface area contributed by atoms with Crippen molar-refractivity contribution in [1.82, 2.24) is 29.8 Å². The van der Waals surface area contributed by atoms with Crippen LogP contribution >= 0.6 is 0 Å². The molecule has 6 rings (SSSR count). The Morgan fingerprint density at radius 2 is 1.97 bits per heavy atom. The highest BCUT2D eigenvalue weighted by Gasteiger charge is 2.19. The Morgan fingerprint density at radius 3 is 2.82 bits per heavy atom. The van der Waals surface area contributed by atoms with Gasteiger partial charge in [0.1, 0.15) is 12.1 Å². The van der Waals surface area contributed by atoms with Crippen LogP contribution in [-0.4, -0.2) is 63.2 Å². The lowest BCUT2D eigenvalue weighted by atomic mass is 10.1. The Labute approximate surface area is 196 Å². The van der Waals surface area contributed by atoms with Gasteiger partial charge in [0.15, 0.2) is 5.65 Å². The minimum Gasteiger partial charge on any atom is -0.493 e. The van der Waals surface area contributed by atoms with E-state index in [4.69, 9.17) is 4.74 Å². The van der Waals surface area contributed by atoms with Crippen LogP contribution in [-0.2, 0) is 13.0 Å². The van der Waals surface area contributed by atoms with Crippen molar-refractivity contribution in [2.24, 2.45) is 0 Å². The van der Waals surface area contributed by atoms with Crippen LogP contribution < -0.4 is 15.4 Å². The summed E-state index contributed by atoms with van der Waals surface area (Å²) < 4.78 is 7.53. The number of hydrogen-bond acceptors (Lipinski definition) is 7. The summed E-state index contributed by atoms with van der Waals surface area (Å²) in [7, 11) is 0. The molecular weight excluding hydrogens is 430 g/mol. The number of aromatic nitrogens is 4. The van der Waals surface area contributed by atoms with Crippen LogP contribution in [0.15, 0.2) is 55.0 Å². The molecule has 2 N–H and O–H groups in total. The average molecular weight is 456 g/mol. The quantitative estimate of drug-likeness (QED) is 0.477. The summed E-state index contributed by atoms with van der Waals surface area (Å²) in [6, 6.07) is 13.8. The molecule has 0 spiro atoms. The zero-order chi connectivity index (χ0) is 22.9. The van der Waals surface area contributed by atoms with Gasteiger partial charge in [-0.25, -0.2) is 4.98 Å². The summed E-state index contributed by atoms with van der Waals surface area (Å²) in [4.78, 5) is 19.3. The van der Waals surface area contributed by atoms with E-state index in [1.54, 1.807) is 12.5 Å². The molecule has 9 nitrogen and oxygen atoms in total. The summed E-state index contributed by atoms with van der Waals surface area (Å²) in [5.74, 6) is 1.71. The van der Waals surface area contributed by atoms with E-state index in [1.165, 1.54) is 11.1 Å². The monoisotopic (exact) mass is 455 g/mol. The number of carbonyl (C=O) groups excluding carboxylic acids is 1. The van der Waals surface area contributed by atoms with Gasteiger partial charge < -0.3 is 20.3 Å². The van der Waals surface area contributed by atoms with Crippen molar-refractivity contribution in [2.45, 2.75) is 13.0 Å². The molecule has 4 heterocycles. The van der Waals surface area contributed by atoms with Crippen molar-refractivity contribution in [3.63, 3.8) is 0 Å². The third-order valence-electron chi connectivity index (χ3n) is 6.46. The van der Waals surface area contributed by atoms with Gasteiger partial charge in [-0.05, 0) is 29.3 Å². The number of anilines is 1. The van der Waals surface area contributed by atoms with E-state index in [2.05, 4.69) is 31.9 Å². The number of piperazine rings is 1. The van der Waals surface area contributed by atoms with E-state index in [9.17, 15) is 4.79 Å². The molecule has 2 aromatic heterocycles. The summed E-state index contributed by atoms with van der Waals surface area (Å²) >= 11 is 0. The molecule has 2 aliphatic heterocycles. The number of benzene rings is 2. The van der Waals surface area contributed by atoms with Gasteiger partial charge in [0, 0.05) is 62.0 Å². The highest BCUT2D eigenvalue weighted by atomic mass is 16.5. The van der Waals surface area contributed by atoms with Gasteiger partial charge in [0.25, 0.3) is 5.91 Å². The summed E-state index contributed by atoms with van der Waals surface area (Å²) in [5.41, 5.74) is 5.65. The Morgan fingerprint density at radius 1 is 1.12 bits per heavy atom. The van der Waals surface area contributed by atoms with Crippen molar-refractivity contribution < 1.29 is 9.53 Å². The maximum atomic E-state index is 12.8. The number of rotatable bonds is 5. The fraction of sp³-hybridized carbons (Fsp3) is 0.280. The maximum absolute atomic E-state index is 12.8. The van der Waals surface area contributed by atoms with Crippen molar-refractivity contribution >= 4 is 17.5 Å². The Hall–Kier alpha value is -3.98. The zero-order valence-electron chi connectivity index (χ0n) is 18.7. The van der Waals surface area contributed by atoms with Gasteiger partial charge >= 0.3 is 0 Å². The Bertz CT molecular complexity index is 1340. The van der Waals surface area contributed by atoms with Crippen molar-refractivity contribution in [3.8, 4) is 16.9 Å². The molecule has 2 aliphatic rings. The van der Waals surface area contributed by atoms with Crippen molar-refractivity contribution in [2.75, 3.05) is 38.1 Å². The third-order valence-corrected chi connectivity index (χ3v) is 6.46. The highest BCUT2D eigenvalue weighted by molar-refractivity contribution is 5.95. The number of hydrogen-bond donors (Lipinski definition) is 2. The summed E-state index contributed by atoms with van der Waals surface area (Å²) in [6.07, 6.45) is 4.39. The predicted molar refractivity (Wildman–Crippen MR) is 128 cm³/mol. The minimum atomic E-state index is 0.0659. The van der Waals surface area contributed by atoms with Crippen LogP contribution in [0, 0.1) is 0 Å². The molecule has 172 valence electrons. The molecule has 0 saturated carbocycles. The largest absolute Gasteiger partial charge is 0.493 e. The normalized spacial score (nSPS) is 15.2. The molecule has 1 fully saturated rings. The molecule has 9 heteroatoms. The molecule has 1 saturated heterocycles. The van der Waals surface area contributed by atoms with Crippen LogP contribution in [0.2, 0.25) is 0 Å². The van der Waals surface area contributed by atoms with Crippen LogP contribution in [0.4, 0.5) is 5.95 Å². The zero-order valence-corrected chi connectivity index (χ0v) is 18.7. The second kappa shape index (κ2) is 8.75. The topological polar surface area (TPSA) is 96.7 Å². The maximum Gasteiger partial charge on any atom is 0.253 e. The highest BCUT2D eigenvalue weighted by Crippen LogP contribution is 2.29. The fourth-order valence-corrected chi connectivity index (χ4v) is 4.63. The number of fused-ring (bicyclic) bond motifs is 2. The number of nitrogens with one attached hydrogen (secondary N) is 2. The second-order valence-electron chi connectivity index (χ2n) is 8.49. The number of nitrogens with zero attached hydrogens (tertiary/aromatic N) is 5. The minimum absolute atomic E-state index is 0.0659. The molecule has 0 aliphatic carbocycles. The summed E-state index contributed by atoms with van der Waals surface area (Å²) in [5, 5.41) is 15.1. The first-order valence-electron chi connectivity index (χ1n) is 11.5. The first kappa shape index (κ1) is 20.6. The molecule has 1 amide bonds. The van der Waals surface area contributed by atoms with Gasteiger partial charge in [-0.15, -0.1) is 10.2 Å². The second-order valence-corrected chi connectivity index (χ2v) is 8.49. The van der Waals surface area contributed by atoms with Gasteiger partial charge in [0.2, 0.25) is 5.95 Å². The molecule has 4 aromatic rings. The summed E-state index contributed by atoms with van der Waals surface area (Å²) in [6.45, 7) is 4.50. The van der Waals surface area contributed by atoms with Crippen LogP contribution in [0.25, 0.3) is 16.8 Å². The van der Waals surface area contributed by atoms with Gasteiger partial charge in [-0.1, -0.05) is 24.3 Å². The first-order chi connectivity index (χ1) is 16.8. The van der Waals surface area contributed by atoms with E-state index in [1.807, 2.05) is 45.7 Å². The Balaban J connectivity index is 1.23. The van der Waals surface area contributed by atoms with E-state index >= 15 is 0 Å². The van der Waals surface area contributed by atoms with E-state index in [-0.39, 0.29) is 5.91 Å². The van der Waals surface area contributed by atoms with Crippen LogP contribution in [0.5, 0.6) is 5.75 Å². The molecule has 0 radical (unpaired) electrons. The van der Waals surface area contributed by atoms with Crippen molar-refractivity contribution in [3.05, 3.63) is 71.7 Å². The van der Waals surface area contributed by atoms with Gasteiger partial charge in [-0.2, -0.15) is 0 Å². The van der Waals surface area contributed by atoms with Crippen LogP contribution in [0.1, 0.15) is 21.5 Å². The Kier molecular flexibility index (Phi) is 5.31. The number of ether oxygens (including phenoxy) is 1. The molecule has 0 bridgehead atoms. The first-order valence-corrected chi connectivity index (χ1v) is 11.5. The fourth-order valence-electron chi connectivity index (χ4n) is 4.63. The molecule has 0 unspecified atom stereocenters. The standard InChI is InChI=1S/C25H25N7O2/c33-24(31-11-9-26-10-12-31)18-6-4-17(5-7-18)21-15-28-25(32-16-29-30-23(21)32)27-14-19-2-1-3-22-20(19)8-13-34-22/h1-7,15-16,26H,8-14H2,(H,27,28). The average Bonchev–Trinajstić information content (AvgIpc) is 3.58. The van der Waals surface area contributed by atoms with Gasteiger partial charge in [-0.3, -0.25) is 9.20 Å². The number of carbonyl (C=O) groups is 1. The lowest BCUT2D eigenvalue weighted by Gasteiger charge is -2.27. The van der Waals surface area contributed by atoms with Crippen LogP contribution in [0.3, 0.4) is 0 Å². The predicted octanol–water partition coefficient (Wildman–Crippen LogP) is 2.38.